The van der Waals surface area contributed by atoms with Gasteiger partial charge in [-0.25, -0.2) is 4.79 Å². The molecule has 0 spiro atoms. The lowest BCUT2D eigenvalue weighted by atomic mass is 10.1. The van der Waals surface area contributed by atoms with Crippen molar-refractivity contribution in [2.24, 2.45) is 0 Å². The van der Waals surface area contributed by atoms with Gasteiger partial charge in [0.1, 0.15) is 0 Å². The minimum absolute atomic E-state index is 0.0237. The molecule has 0 atom stereocenters. The van der Waals surface area contributed by atoms with Gasteiger partial charge in [-0.1, -0.05) is 17.7 Å². The Morgan fingerprint density at radius 1 is 0.912 bits per heavy atom. The summed E-state index contributed by atoms with van der Waals surface area (Å²) in [4.78, 5) is 43.2. The summed E-state index contributed by atoms with van der Waals surface area (Å²) in [6, 6.07) is 11.5. The van der Waals surface area contributed by atoms with Gasteiger partial charge in [-0.2, -0.15) is 0 Å². The molecule has 0 bridgehead atoms. The standard InChI is InChI=1S/C25H29ClN4O4/c26-19-6-4-5-18(15-19)24(32)27-22-8-7-20(16-21(22)25(33)34)29-13-11-28(12-14-29)17-23(31)30-9-2-1-3-10-30/h4-8,15-16H,1-3,9-14,17H2,(H,27,32)(H,33,34). The monoisotopic (exact) mass is 484 g/mol. The van der Waals surface area contributed by atoms with E-state index in [0.717, 1.165) is 44.7 Å². The number of aromatic carboxylic acids is 1. The summed E-state index contributed by atoms with van der Waals surface area (Å²) in [5.41, 5.74) is 1.38. The van der Waals surface area contributed by atoms with Gasteiger partial charge in [-0.15, -0.1) is 0 Å². The summed E-state index contributed by atoms with van der Waals surface area (Å²) in [5, 5.41) is 12.8. The highest BCUT2D eigenvalue weighted by Crippen LogP contribution is 2.25. The van der Waals surface area contributed by atoms with E-state index in [9.17, 15) is 19.5 Å². The van der Waals surface area contributed by atoms with Gasteiger partial charge in [0.25, 0.3) is 5.91 Å². The zero-order chi connectivity index (χ0) is 24.1. The first-order valence-electron chi connectivity index (χ1n) is 11.6. The van der Waals surface area contributed by atoms with Crippen LogP contribution in [-0.2, 0) is 4.79 Å². The Balaban J connectivity index is 1.38. The van der Waals surface area contributed by atoms with E-state index >= 15 is 0 Å². The molecule has 0 saturated carbocycles. The quantitative estimate of drug-likeness (QED) is 0.652. The maximum Gasteiger partial charge on any atom is 0.337 e. The number of benzene rings is 2. The Bertz CT molecular complexity index is 1060. The van der Waals surface area contributed by atoms with Gasteiger partial charge in [0, 0.05) is 55.5 Å². The fraction of sp³-hybridized carbons (Fsp3) is 0.400. The molecule has 4 rings (SSSR count). The topological polar surface area (TPSA) is 93.2 Å². The molecule has 2 aromatic rings. The number of nitrogens with one attached hydrogen (secondary N) is 1. The minimum Gasteiger partial charge on any atom is -0.478 e. The van der Waals surface area contributed by atoms with Crippen molar-refractivity contribution >= 4 is 40.8 Å². The second-order valence-corrected chi connectivity index (χ2v) is 9.14. The van der Waals surface area contributed by atoms with E-state index in [0.29, 0.717) is 30.2 Å². The van der Waals surface area contributed by atoms with Crippen molar-refractivity contribution in [3.05, 3.63) is 58.6 Å². The highest BCUT2D eigenvalue weighted by molar-refractivity contribution is 6.31. The molecule has 8 nitrogen and oxygen atoms in total. The number of piperidine rings is 1. The summed E-state index contributed by atoms with van der Waals surface area (Å²) < 4.78 is 0. The van der Waals surface area contributed by atoms with Gasteiger partial charge < -0.3 is 20.2 Å². The van der Waals surface area contributed by atoms with Gasteiger partial charge in [0.2, 0.25) is 5.91 Å². The van der Waals surface area contributed by atoms with E-state index in [1.54, 1.807) is 30.3 Å². The van der Waals surface area contributed by atoms with E-state index in [2.05, 4.69) is 15.1 Å². The lowest BCUT2D eigenvalue weighted by molar-refractivity contribution is -0.133. The fourth-order valence-corrected chi connectivity index (χ4v) is 4.63. The van der Waals surface area contributed by atoms with E-state index in [1.807, 2.05) is 11.0 Å². The largest absolute Gasteiger partial charge is 0.478 e. The van der Waals surface area contributed by atoms with Gasteiger partial charge in [-0.3, -0.25) is 14.5 Å². The zero-order valence-corrected chi connectivity index (χ0v) is 19.8. The number of carboxylic acid groups (broad SMARTS) is 1. The van der Waals surface area contributed by atoms with Crippen LogP contribution in [0, 0.1) is 0 Å². The molecule has 2 fully saturated rings. The Morgan fingerprint density at radius 3 is 2.32 bits per heavy atom. The number of piperazine rings is 1. The smallest absolute Gasteiger partial charge is 0.337 e. The van der Waals surface area contributed by atoms with Crippen molar-refractivity contribution in [3.63, 3.8) is 0 Å². The van der Waals surface area contributed by atoms with Crippen LogP contribution in [0.15, 0.2) is 42.5 Å². The molecule has 2 N–H and O–H groups in total. The third kappa shape index (κ3) is 5.87. The molecule has 0 aromatic heterocycles. The molecule has 0 unspecified atom stereocenters. The maximum absolute atomic E-state index is 12.6. The van der Waals surface area contributed by atoms with Crippen LogP contribution in [0.2, 0.25) is 5.02 Å². The number of carboxylic acids is 1. The third-order valence-corrected chi connectivity index (χ3v) is 6.61. The zero-order valence-electron chi connectivity index (χ0n) is 19.0. The first-order chi connectivity index (χ1) is 16.4. The van der Waals surface area contributed by atoms with Crippen molar-refractivity contribution < 1.29 is 19.5 Å². The molecule has 2 saturated heterocycles. The number of hydrogen-bond acceptors (Lipinski definition) is 5. The predicted molar refractivity (Wildman–Crippen MR) is 132 cm³/mol. The van der Waals surface area contributed by atoms with Crippen LogP contribution in [0.5, 0.6) is 0 Å². The second-order valence-electron chi connectivity index (χ2n) is 8.70. The molecule has 2 aromatic carbocycles. The molecule has 2 aliphatic heterocycles. The molecular weight excluding hydrogens is 456 g/mol. The number of hydrogen-bond donors (Lipinski definition) is 2. The number of nitrogens with zero attached hydrogens (tertiary/aromatic N) is 3. The number of carbonyl (C=O) groups is 3. The Labute approximate surface area is 204 Å². The van der Waals surface area contributed by atoms with Crippen LogP contribution in [0.4, 0.5) is 11.4 Å². The Hall–Kier alpha value is -3.10. The van der Waals surface area contributed by atoms with Crippen molar-refractivity contribution in [2.45, 2.75) is 19.3 Å². The van der Waals surface area contributed by atoms with E-state index in [4.69, 9.17) is 11.6 Å². The lowest BCUT2D eigenvalue weighted by Crippen LogP contribution is -2.50. The van der Waals surface area contributed by atoms with E-state index < -0.39 is 11.9 Å². The first kappa shape index (κ1) is 24.0. The molecule has 2 aliphatic rings. The average molecular weight is 485 g/mol. The number of halogens is 1. The number of likely N-dealkylation sites (tertiary alicyclic amines) is 1. The first-order valence-corrected chi connectivity index (χ1v) is 12.0. The fourth-order valence-electron chi connectivity index (χ4n) is 4.44. The number of amides is 2. The number of rotatable bonds is 6. The highest BCUT2D eigenvalue weighted by Gasteiger charge is 2.24. The summed E-state index contributed by atoms with van der Waals surface area (Å²) in [7, 11) is 0. The third-order valence-electron chi connectivity index (χ3n) is 6.37. The van der Waals surface area contributed by atoms with E-state index in [1.165, 1.54) is 12.5 Å². The van der Waals surface area contributed by atoms with Crippen molar-refractivity contribution in [1.29, 1.82) is 0 Å². The van der Waals surface area contributed by atoms with Gasteiger partial charge in [0.15, 0.2) is 0 Å². The highest BCUT2D eigenvalue weighted by atomic mass is 35.5. The van der Waals surface area contributed by atoms with Crippen molar-refractivity contribution in [3.8, 4) is 0 Å². The normalized spacial score (nSPS) is 16.9. The summed E-state index contributed by atoms with van der Waals surface area (Å²) in [6.07, 6.45) is 3.37. The molecule has 0 aliphatic carbocycles. The SMILES string of the molecule is O=C(Nc1ccc(N2CCN(CC(=O)N3CCCCC3)CC2)cc1C(=O)O)c1cccc(Cl)c1. The summed E-state index contributed by atoms with van der Waals surface area (Å²) in [6.45, 7) is 5.00. The summed E-state index contributed by atoms with van der Waals surface area (Å²) >= 11 is 5.95. The van der Waals surface area contributed by atoms with Crippen LogP contribution in [-0.4, -0.2) is 78.5 Å². The Kier molecular flexibility index (Phi) is 7.70. The van der Waals surface area contributed by atoms with E-state index in [-0.39, 0.29) is 17.2 Å². The van der Waals surface area contributed by atoms with Crippen LogP contribution < -0.4 is 10.2 Å². The number of carbonyl (C=O) groups excluding carboxylic acids is 2. The molecule has 34 heavy (non-hydrogen) atoms. The van der Waals surface area contributed by atoms with Crippen molar-refractivity contribution in [1.82, 2.24) is 9.80 Å². The van der Waals surface area contributed by atoms with Crippen LogP contribution in [0.3, 0.4) is 0 Å². The minimum atomic E-state index is -1.12. The van der Waals surface area contributed by atoms with Crippen LogP contribution in [0.1, 0.15) is 40.0 Å². The molecule has 180 valence electrons. The number of anilines is 2. The molecule has 0 radical (unpaired) electrons. The maximum atomic E-state index is 12.6. The lowest BCUT2D eigenvalue weighted by Gasteiger charge is -2.37. The van der Waals surface area contributed by atoms with Gasteiger partial charge in [0.05, 0.1) is 17.8 Å². The predicted octanol–water partition coefficient (Wildman–Crippen LogP) is 3.43. The second kappa shape index (κ2) is 10.9. The van der Waals surface area contributed by atoms with Crippen molar-refractivity contribution in [2.75, 3.05) is 56.0 Å². The van der Waals surface area contributed by atoms with Gasteiger partial charge >= 0.3 is 5.97 Å². The molecular formula is C25H29ClN4O4. The van der Waals surface area contributed by atoms with Crippen LogP contribution in [0.25, 0.3) is 0 Å². The molecule has 2 amide bonds. The molecule has 2 heterocycles. The van der Waals surface area contributed by atoms with Gasteiger partial charge in [-0.05, 0) is 55.7 Å². The Morgan fingerprint density at radius 2 is 1.65 bits per heavy atom. The average Bonchev–Trinajstić information content (AvgIpc) is 2.85. The molecule has 9 heteroatoms. The van der Waals surface area contributed by atoms with Crippen LogP contribution >= 0.6 is 11.6 Å². The summed E-state index contributed by atoms with van der Waals surface area (Å²) in [5.74, 6) is -1.35.